The maximum absolute atomic E-state index is 11.7. The minimum absolute atomic E-state index is 0.158. The van der Waals surface area contributed by atoms with E-state index in [1.807, 2.05) is 30.3 Å². The van der Waals surface area contributed by atoms with Gasteiger partial charge in [0.05, 0.1) is 12.5 Å². The maximum Gasteiger partial charge on any atom is 0.237 e. The number of hydrogen-bond donors (Lipinski definition) is 4. The quantitative estimate of drug-likeness (QED) is 0.565. The van der Waals surface area contributed by atoms with Crippen LogP contribution in [0.25, 0.3) is 10.8 Å². The molecule has 6 nitrogen and oxygen atoms in total. The molecule has 0 fully saturated rings. The van der Waals surface area contributed by atoms with Gasteiger partial charge in [-0.25, -0.2) is 0 Å². The number of phenolic OH excluding ortho intramolecular Hbond substituents is 1. The molecule has 23 heavy (non-hydrogen) atoms. The van der Waals surface area contributed by atoms with Gasteiger partial charge in [-0.1, -0.05) is 30.3 Å². The Kier molecular flexibility index (Phi) is 5.54. The molecule has 6 heteroatoms. The van der Waals surface area contributed by atoms with Crippen LogP contribution < -0.4 is 16.8 Å². The van der Waals surface area contributed by atoms with E-state index in [0.717, 1.165) is 29.2 Å². The zero-order chi connectivity index (χ0) is 16.8. The number of benzene rings is 2. The van der Waals surface area contributed by atoms with E-state index < -0.39 is 11.9 Å². The molecule has 1 atom stereocenters. The van der Waals surface area contributed by atoms with Crippen molar-refractivity contribution in [3.05, 3.63) is 42.0 Å². The lowest BCUT2D eigenvalue weighted by Crippen LogP contribution is -2.43. The molecular weight excluding hydrogens is 294 g/mol. The minimum atomic E-state index is -0.901. The van der Waals surface area contributed by atoms with Gasteiger partial charge in [0, 0.05) is 11.9 Å². The summed E-state index contributed by atoms with van der Waals surface area (Å²) in [6.07, 6.45) is 1.32. The predicted octanol–water partition coefficient (Wildman–Crippen LogP) is 0.797. The number of fused-ring (bicyclic) bond motifs is 1. The number of aryl methyl sites for hydroxylation is 1. The molecule has 0 heterocycles. The van der Waals surface area contributed by atoms with Crippen LogP contribution in [-0.2, 0) is 16.0 Å². The lowest BCUT2D eigenvalue weighted by Gasteiger charge is -2.11. The highest BCUT2D eigenvalue weighted by Gasteiger charge is 2.15. The molecule has 0 spiro atoms. The van der Waals surface area contributed by atoms with E-state index in [1.165, 1.54) is 0 Å². The van der Waals surface area contributed by atoms with Crippen LogP contribution in [0.5, 0.6) is 5.75 Å². The Morgan fingerprint density at radius 3 is 2.57 bits per heavy atom. The fraction of sp³-hybridized carbons (Fsp3) is 0.294. The summed E-state index contributed by atoms with van der Waals surface area (Å²) in [5.41, 5.74) is 11.7. The van der Waals surface area contributed by atoms with E-state index >= 15 is 0 Å². The van der Waals surface area contributed by atoms with E-state index in [-0.39, 0.29) is 18.1 Å². The number of amides is 2. The molecule has 2 rings (SSSR count). The first-order chi connectivity index (χ1) is 11.0. The molecule has 0 aliphatic carbocycles. The van der Waals surface area contributed by atoms with Crippen LogP contribution in [0.2, 0.25) is 0 Å². The summed E-state index contributed by atoms with van der Waals surface area (Å²) >= 11 is 0. The Morgan fingerprint density at radius 1 is 1.13 bits per heavy atom. The van der Waals surface area contributed by atoms with Gasteiger partial charge in [-0.15, -0.1) is 0 Å². The number of rotatable bonds is 7. The normalized spacial score (nSPS) is 12.0. The SMILES string of the molecule is NC(=O)C[C@H](N)C(=O)NCCCc1cccc2c(O)cccc12. The second-order valence-electron chi connectivity index (χ2n) is 5.46. The van der Waals surface area contributed by atoms with Crippen molar-refractivity contribution < 1.29 is 14.7 Å². The van der Waals surface area contributed by atoms with Gasteiger partial charge >= 0.3 is 0 Å². The van der Waals surface area contributed by atoms with Crippen LogP contribution >= 0.6 is 0 Å². The number of carbonyl (C=O) groups excluding carboxylic acids is 2. The fourth-order valence-corrected chi connectivity index (χ4v) is 2.51. The summed E-state index contributed by atoms with van der Waals surface area (Å²) in [6, 6.07) is 10.3. The molecular formula is C17H21N3O3. The molecule has 122 valence electrons. The van der Waals surface area contributed by atoms with Crippen molar-refractivity contribution in [2.75, 3.05) is 6.54 Å². The van der Waals surface area contributed by atoms with Gasteiger partial charge < -0.3 is 21.9 Å². The van der Waals surface area contributed by atoms with Gasteiger partial charge in [0.1, 0.15) is 5.75 Å². The number of nitrogens with two attached hydrogens (primary N) is 2. The second kappa shape index (κ2) is 7.60. The lowest BCUT2D eigenvalue weighted by molar-refractivity contribution is -0.126. The zero-order valence-corrected chi connectivity index (χ0v) is 12.8. The predicted molar refractivity (Wildman–Crippen MR) is 88.7 cm³/mol. The second-order valence-corrected chi connectivity index (χ2v) is 5.46. The molecule has 2 aromatic rings. The van der Waals surface area contributed by atoms with Crippen LogP contribution in [0.3, 0.4) is 0 Å². The van der Waals surface area contributed by atoms with Crippen molar-refractivity contribution in [3.63, 3.8) is 0 Å². The van der Waals surface area contributed by atoms with Gasteiger partial charge in [0.15, 0.2) is 0 Å². The largest absolute Gasteiger partial charge is 0.507 e. The van der Waals surface area contributed by atoms with Crippen molar-refractivity contribution in [1.82, 2.24) is 5.32 Å². The number of phenols is 1. The zero-order valence-electron chi connectivity index (χ0n) is 12.8. The molecule has 0 radical (unpaired) electrons. The van der Waals surface area contributed by atoms with Crippen molar-refractivity contribution in [1.29, 1.82) is 0 Å². The van der Waals surface area contributed by atoms with Crippen LogP contribution in [0, 0.1) is 0 Å². The third-order valence-electron chi connectivity index (χ3n) is 3.67. The number of nitrogens with one attached hydrogen (secondary N) is 1. The van der Waals surface area contributed by atoms with Crippen molar-refractivity contribution in [2.45, 2.75) is 25.3 Å². The first kappa shape index (κ1) is 16.8. The molecule has 0 aliphatic rings. The van der Waals surface area contributed by atoms with Crippen LogP contribution in [0.4, 0.5) is 0 Å². The van der Waals surface area contributed by atoms with Crippen molar-refractivity contribution >= 4 is 22.6 Å². The average molecular weight is 315 g/mol. The first-order valence-electron chi connectivity index (χ1n) is 7.50. The Labute approximate surface area is 134 Å². The van der Waals surface area contributed by atoms with E-state index in [2.05, 4.69) is 5.32 Å². The van der Waals surface area contributed by atoms with Gasteiger partial charge in [0.2, 0.25) is 11.8 Å². The number of aromatic hydroxyl groups is 1. The molecule has 2 amide bonds. The topological polar surface area (TPSA) is 118 Å². The summed E-state index contributed by atoms with van der Waals surface area (Å²) in [4.78, 5) is 22.4. The lowest BCUT2D eigenvalue weighted by atomic mass is 10.0. The summed E-state index contributed by atoms with van der Waals surface area (Å²) < 4.78 is 0. The smallest absolute Gasteiger partial charge is 0.237 e. The van der Waals surface area contributed by atoms with Gasteiger partial charge in [-0.2, -0.15) is 0 Å². The van der Waals surface area contributed by atoms with E-state index in [9.17, 15) is 14.7 Å². The minimum Gasteiger partial charge on any atom is -0.507 e. The Balaban J connectivity index is 1.89. The highest BCUT2D eigenvalue weighted by molar-refractivity contribution is 5.90. The highest BCUT2D eigenvalue weighted by atomic mass is 16.3. The summed E-state index contributed by atoms with van der Waals surface area (Å²) in [7, 11) is 0. The van der Waals surface area contributed by atoms with E-state index in [1.54, 1.807) is 6.07 Å². The molecule has 2 aromatic carbocycles. The van der Waals surface area contributed by atoms with Gasteiger partial charge in [-0.05, 0) is 29.9 Å². The summed E-state index contributed by atoms with van der Waals surface area (Å²) in [5.74, 6) is -0.711. The van der Waals surface area contributed by atoms with Gasteiger partial charge in [0.25, 0.3) is 0 Å². The molecule has 0 bridgehead atoms. The molecule has 6 N–H and O–H groups in total. The number of carbonyl (C=O) groups is 2. The molecule has 0 aliphatic heterocycles. The van der Waals surface area contributed by atoms with E-state index in [4.69, 9.17) is 11.5 Å². The van der Waals surface area contributed by atoms with Gasteiger partial charge in [-0.3, -0.25) is 9.59 Å². The summed E-state index contributed by atoms with van der Waals surface area (Å²) in [6.45, 7) is 0.459. The first-order valence-corrected chi connectivity index (χ1v) is 7.50. The Morgan fingerprint density at radius 2 is 1.83 bits per heavy atom. The maximum atomic E-state index is 11.7. The monoisotopic (exact) mass is 315 g/mol. The number of primary amides is 1. The number of hydrogen-bond acceptors (Lipinski definition) is 4. The molecule has 0 saturated carbocycles. The molecule has 0 unspecified atom stereocenters. The third-order valence-corrected chi connectivity index (χ3v) is 3.67. The Hall–Kier alpha value is -2.60. The average Bonchev–Trinajstić information content (AvgIpc) is 2.51. The summed E-state index contributed by atoms with van der Waals surface area (Å²) in [5, 5.41) is 14.4. The van der Waals surface area contributed by atoms with E-state index in [0.29, 0.717) is 6.54 Å². The molecule has 0 aromatic heterocycles. The van der Waals surface area contributed by atoms with Crippen molar-refractivity contribution in [2.24, 2.45) is 11.5 Å². The Bertz CT molecular complexity index is 715. The van der Waals surface area contributed by atoms with Crippen LogP contribution in [0.15, 0.2) is 36.4 Å². The fourth-order valence-electron chi connectivity index (χ4n) is 2.51. The third kappa shape index (κ3) is 4.43. The molecule has 0 saturated heterocycles. The standard InChI is InChI=1S/C17H21N3O3/c18-14(10-16(19)22)17(23)20-9-3-5-11-4-1-7-13-12(11)6-2-8-15(13)21/h1-2,4,6-8,14,21H,3,5,9-10,18H2,(H2,19,22)(H,20,23)/t14-/m0/s1. The van der Waals surface area contributed by atoms with Crippen LogP contribution in [-0.4, -0.2) is 29.5 Å². The van der Waals surface area contributed by atoms with Crippen LogP contribution in [0.1, 0.15) is 18.4 Å². The highest BCUT2D eigenvalue weighted by Crippen LogP contribution is 2.27. The van der Waals surface area contributed by atoms with Crippen molar-refractivity contribution in [3.8, 4) is 5.75 Å².